The Kier molecular flexibility index (Phi) is 5.68. The molecule has 4 rings (SSSR count). The molecule has 0 radical (unpaired) electrons. The molecule has 0 saturated carbocycles. The number of benzene rings is 1. The fraction of sp³-hybridized carbons (Fsp3) is 0.478. The number of carbonyl (C=O) groups is 1. The highest BCUT2D eigenvalue weighted by Gasteiger charge is 2.35. The van der Waals surface area contributed by atoms with Crippen molar-refractivity contribution in [2.45, 2.75) is 40.2 Å². The molecule has 0 unspecified atom stereocenters. The molecule has 2 fully saturated rings. The number of carbonyl (C=O) groups excluding carboxylic acids is 1. The second-order valence-electron chi connectivity index (χ2n) is 8.68. The van der Waals surface area contributed by atoms with E-state index in [0.717, 1.165) is 35.6 Å². The molecule has 0 spiro atoms. The smallest absolute Gasteiger partial charge is 0.254 e. The van der Waals surface area contributed by atoms with Gasteiger partial charge < -0.3 is 9.80 Å². The van der Waals surface area contributed by atoms with Gasteiger partial charge in [0, 0.05) is 44.0 Å². The molecule has 1 amide bonds. The SMILES string of the molecule is Cc1cnc(N2CCN(C(=O)c3ccc(N4[C@H](C)CCS4(=O)=O)cc3C)CC2)c(C)c1. The van der Waals surface area contributed by atoms with Crippen LogP contribution in [-0.2, 0) is 10.0 Å². The average Bonchev–Trinajstić information content (AvgIpc) is 3.00. The second kappa shape index (κ2) is 8.15. The van der Waals surface area contributed by atoms with Gasteiger partial charge >= 0.3 is 0 Å². The number of nitrogens with zero attached hydrogens (tertiary/aromatic N) is 4. The van der Waals surface area contributed by atoms with E-state index in [0.29, 0.717) is 30.8 Å². The van der Waals surface area contributed by atoms with Crippen molar-refractivity contribution in [2.24, 2.45) is 0 Å². The summed E-state index contributed by atoms with van der Waals surface area (Å²) >= 11 is 0. The summed E-state index contributed by atoms with van der Waals surface area (Å²) in [6.07, 6.45) is 2.51. The number of rotatable bonds is 3. The topological polar surface area (TPSA) is 73.8 Å². The minimum atomic E-state index is -3.27. The summed E-state index contributed by atoms with van der Waals surface area (Å²) in [7, 11) is -3.27. The Morgan fingerprint density at radius 2 is 1.74 bits per heavy atom. The lowest BCUT2D eigenvalue weighted by molar-refractivity contribution is 0.0746. The quantitative estimate of drug-likeness (QED) is 0.731. The molecular formula is C23H30N4O3S. The van der Waals surface area contributed by atoms with Gasteiger partial charge in [-0.15, -0.1) is 0 Å². The van der Waals surface area contributed by atoms with Crippen molar-refractivity contribution in [1.82, 2.24) is 9.88 Å². The van der Waals surface area contributed by atoms with Gasteiger partial charge in [-0.3, -0.25) is 9.10 Å². The van der Waals surface area contributed by atoms with Crippen LogP contribution < -0.4 is 9.21 Å². The van der Waals surface area contributed by atoms with E-state index in [1.165, 1.54) is 4.31 Å². The van der Waals surface area contributed by atoms with Gasteiger partial charge in [0.2, 0.25) is 10.0 Å². The molecular weight excluding hydrogens is 412 g/mol. The predicted molar refractivity (Wildman–Crippen MR) is 123 cm³/mol. The zero-order valence-corrected chi connectivity index (χ0v) is 19.4. The predicted octanol–water partition coefficient (Wildman–Crippen LogP) is 2.90. The van der Waals surface area contributed by atoms with Crippen molar-refractivity contribution in [2.75, 3.05) is 41.1 Å². The molecule has 3 heterocycles. The van der Waals surface area contributed by atoms with E-state index in [-0.39, 0.29) is 17.7 Å². The van der Waals surface area contributed by atoms with E-state index in [1.54, 1.807) is 12.1 Å². The van der Waals surface area contributed by atoms with Crippen LogP contribution >= 0.6 is 0 Å². The van der Waals surface area contributed by atoms with Crippen molar-refractivity contribution in [1.29, 1.82) is 0 Å². The van der Waals surface area contributed by atoms with Crippen LogP contribution in [0.3, 0.4) is 0 Å². The first-order chi connectivity index (χ1) is 14.7. The molecule has 2 aliphatic heterocycles. The lowest BCUT2D eigenvalue weighted by atomic mass is 10.1. The fourth-order valence-corrected chi connectivity index (χ4v) is 6.50. The summed E-state index contributed by atoms with van der Waals surface area (Å²) in [6.45, 7) is 10.6. The summed E-state index contributed by atoms with van der Waals surface area (Å²) in [5.74, 6) is 1.15. The summed E-state index contributed by atoms with van der Waals surface area (Å²) < 4.78 is 26.3. The van der Waals surface area contributed by atoms with E-state index < -0.39 is 10.0 Å². The number of aryl methyl sites for hydroxylation is 3. The number of piperazine rings is 1. The molecule has 0 N–H and O–H groups in total. The summed E-state index contributed by atoms with van der Waals surface area (Å²) in [5.41, 5.74) is 4.37. The number of amides is 1. The minimum absolute atomic E-state index is 0.00499. The van der Waals surface area contributed by atoms with E-state index >= 15 is 0 Å². The number of aromatic nitrogens is 1. The van der Waals surface area contributed by atoms with Crippen LogP contribution in [0.4, 0.5) is 11.5 Å². The van der Waals surface area contributed by atoms with Crippen molar-refractivity contribution in [3.63, 3.8) is 0 Å². The lowest BCUT2D eigenvalue weighted by Crippen LogP contribution is -2.49. The molecule has 0 aliphatic carbocycles. The summed E-state index contributed by atoms with van der Waals surface area (Å²) in [5, 5.41) is 0. The Morgan fingerprint density at radius 1 is 1.03 bits per heavy atom. The molecule has 1 aromatic heterocycles. The van der Waals surface area contributed by atoms with Gasteiger partial charge in [-0.2, -0.15) is 0 Å². The number of sulfonamides is 1. The van der Waals surface area contributed by atoms with Crippen LogP contribution in [-0.4, -0.2) is 62.2 Å². The van der Waals surface area contributed by atoms with E-state index in [4.69, 9.17) is 0 Å². The Morgan fingerprint density at radius 3 is 2.32 bits per heavy atom. The van der Waals surface area contributed by atoms with Crippen LogP contribution in [0.15, 0.2) is 30.5 Å². The first-order valence-electron chi connectivity index (χ1n) is 10.8. The van der Waals surface area contributed by atoms with Gasteiger partial charge in [0.25, 0.3) is 5.91 Å². The second-order valence-corrected chi connectivity index (χ2v) is 10.6. The van der Waals surface area contributed by atoms with Gasteiger partial charge in [0.05, 0.1) is 11.4 Å². The Balaban J connectivity index is 1.47. The van der Waals surface area contributed by atoms with Crippen LogP contribution in [0, 0.1) is 20.8 Å². The third-order valence-corrected chi connectivity index (χ3v) is 8.16. The molecule has 8 heteroatoms. The largest absolute Gasteiger partial charge is 0.353 e. The lowest BCUT2D eigenvalue weighted by Gasteiger charge is -2.36. The molecule has 2 aliphatic rings. The zero-order valence-electron chi connectivity index (χ0n) is 18.6. The molecule has 7 nitrogen and oxygen atoms in total. The van der Waals surface area contributed by atoms with Crippen LogP contribution in [0.25, 0.3) is 0 Å². The monoisotopic (exact) mass is 442 g/mol. The summed E-state index contributed by atoms with van der Waals surface area (Å²) in [6, 6.07) is 7.42. The third kappa shape index (κ3) is 4.13. The maximum atomic E-state index is 13.2. The van der Waals surface area contributed by atoms with E-state index in [1.807, 2.05) is 37.9 Å². The number of hydrogen-bond acceptors (Lipinski definition) is 5. The van der Waals surface area contributed by atoms with Crippen molar-refractivity contribution >= 4 is 27.4 Å². The molecule has 1 atom stereocenters. The molecule has 166 valence electrons. The van der Waals surface area contributed by atoms with E-state index in [9.17, 15) is 13.2 Å². The van der Waals surface area contributed by atoms with E-state index in [2.05, 4.69) is 22.9 Å². The highest BCUT2D eigenvalue weighted by atomic mass is 32.2. The van der Waals surface area contributed by atoms with Crippen LogP contribution in [0.1, 0.15) is 40.4 Å². The van der Waals surface area contributed by atoms with Gasteiger partial charge in [0.15, 0.2) is 0 Å². The van der Waals surface area contributed by atoms with Crippen molar-refractivity contribution in [3.05, 3.63) is 52.7 Å². The maximum absolute atomic E-state index is 13.2. The highest BCUT2D eigenvalue weighted by molar-refractivity contribution is 7.93. The first kappa shape index (κ1) is 21.6. The minimum Gasteiger partial charge on any atom is -0.353 e. The zero-order chi connectivity index (χ0) is 22.3. The van der Waals surface area contributed by atoms with Gasteiger partial charge in [0.1, 0.15) is 5.82 Å². The molecule has 2 saturated heterocycles. The Bertz CT molecular complexity index is 1110. The maximum Gasteiger partial charge on any atom is 0.254 e. The van der Waals surface area contributed by atoms with Crippen molar-refractivity contribution in [3.8, 4) is 0 Å². The van der Waals surface area contributed by atoms with Crippen molar-refractivity contribution < 1.29 is 13.2 Å². The van der Waals surface area contributed by atoms with Crippen LogP contribution in [0.2, 0.25) is 0 Å². The van der Waals surface area contributed by atoms with Gasteiger partial charge in [-0.05, 0) is 69.0 Å². The third-order valence-electron chi connectivity index (χ3n) is 6.24. The fourth-order valence-electron chi connectivity index (χ4n) is 4.58. The average molecular weight is 443 g/mol. The molecule has 31 heavy (non-hydrogen) atoms. The normalized spacial score (nSPS) is 20.9. The molecule has 2 aromatic rings. The first-order valence-corrected chi connectivity index (χ1v) is 12.4. The number of pyridine rings is 1. The van der Waals surface area contributed by atoms with Gasteiger partial charge in [-0.25, -0.2) is 13.4 Å². The highest BCUT2D eigenvalue weighted by Crippen LogP contribution is 2.30. The van der Waals surface area contributed by atoms with Crippen LogP contribution in [0.5, 0.6) is 0 Å². The Labute approximate surface area is 184 Å². The number of hydrogen-bond donors (Lipinski definition) is 0. The standard InChI is InChI=1S/C23H30N4O3S/c1-16-13-18(3)22(24-15-16)25-8-10-26(11-9-25)23(28)21-6-5-20(14-17(21)2)27-19(4)7-12-31(27,29)30/h5-6,13-15,19H,7-12H2,1-4H3/t19-/m1/s1. The molecule has 1 aromatic carbocycles. The number of anilines is 2. The molecule has 0 bridgehead atoms. The Hall–Kier alpha value is -2.61. The van der Waals surface area contributed by atoms with Gasteiger partial charge in [-0.1, -0.05) is 6.07 Å². The summed E-state index contributed by atoms with van der Waals surface area (Å²) in [4.78, 5) is 21.8.